The molecule has 1 unspecified atom stereocenters. The second kappa shape index (κ2) is 9.00. The lowest BCUT2D eigenvalue weighted by atomic mass is 10.1. The molecule has 1 fully saturated rings. The van der Waals surface area contributed by atoms with E-state index in [1.165, 1.54) is 7.11 Å². The van der Waals surface area contributed by atoms with Gasteiger partial charge in [-0.1, -0.05) is 12.1 Å². The minimum Gasteiger partial charge on any atom is -0.493 e. The van der Waals surface area contributed by atoms with Gasteiger partial charge < -0.3 is 18.9 Å². The van der Waals surface area contributed by atoms with Crippen LogP contribution < -0.4 is 9.47 Å². The number of nitrogens with zero attached hydrogens (tertiary/aromatic N) is 2. The zero-order valence-electron chi connectivity index (χ0n) is 17.0. The van der Waals surface area contributed by atoms with E-state index < -0.39 is 0 Å². The Balaban J connectivity index is 1.57. The zero-order valence-corrected chi connectivity index (χ0v) is 17.0. The van der Waals surface area contributed by atoms with E-state index in [9.17, 15) is 4.79 Å². The van der Waals surface area contributed by atoms with Crippen LogP contribution in [0, 0.1) is 0 Å². The number of benzene rings is 2. The van der Waals surface area contributed by atoms with Gasteiger partial charge in [-0.05, 0) is 48.4 Å². The van der Waals surface area contributed by atoms with Crippen LogP contribution in [0.5, 0.6) is 11.5 Å². The van der Waals surface area contributed by atoms with Gasteiger partial charge in [0.1, 0.15) is 0 Å². The highest BCUT2D eigenvalue weighted by Gasteiger charge is 2.20. The van der Waals surface area contributed by atoms with Gasteiger partial charge in [0.2, 0.25) is 0 Å². The van der Waals surface area contributed by atoms with Crippen LogP contribution in [0.2, 0.25) is 0 Å². The van der Waals surface area contributed by atoms with Crippen molar-refractivity contribution in [1.29, 1.82) is 0 Å². The number of esters is 1. The summed E-state index contributed by atoms with van der Waals surface area (Å²) in [4.78, 5) is 11.6. The predicted octanol–water partition coefficient (Wildman–Crippen LogP) is 3.91. The van der Waals surface area contributed by atoms with Crippen molar-refractivity contribution in [2.24, 2.45) is 0 Å². The lowest BCUT2D eigenvalue weighted by molar-refractivity contribution is -0.0402. The third kappa shape index (κ3) is 4.31. The summed E-state index contributed by atoms with van der Waals surface area (Å²) in [6.07, 6.45) is 3.39. The molecular weight excluding hydrogens is 384 g/mol. The molecule has 30 heavy (non-hydrogen) atoms. The number of aromatic nitrogens is 2. The lowest BCUT2D eigenvalue weighted by Gasteiger charge is -2.17. The minimum atomic E-state index is -0.349. The number of hydrogen-bond donors (Lipinski definition) is 0. The summed E-state index contributed by atoms with van der Waals surface area (Å²) < 4.78 is 23.7. The monoisotopic (exact) mass is 408 g/mol. The van der Waals surface area contributed by atoms with Gasteiger partial charge in [-0.15, -0.1) is 0 Å². The van der Waals surface area contributed by atoms with Crippen molar-refractivity contribution in [1.82, 2.24) is 9.78 Å². The Labute approximate surface area is 175 Å². The van der Waals surface area contributed by atoms with E-state index in [0.29, 0.717) is 30.2 Å². The number of hydrogen-bond acceptors (Lipinski definition) is 6. The van der Waals surface area contributed by atoms with Crippen LogP contribution >= 0.6 is 0 Å². The van der Waals surface area contributed by atoms with Crippen molar-refractivity contribution in [2.45, 2.75) is 25.7 Å². The molecule has 0 spiro atoms. The zero-order chi connectivity index (χ0) is 20.9. The first kappa shape index (κ1) is 20.0. The maximum absolute atomic E-state index is 11.6. The molecule has 1 aliphatic heterocycles. The van der Waals surface area contributed by atoms with Crippen LogP contribution in [0.1, 0.15) is 28.8 Å². The number of methoxy groups -OCH3 is 2. The van der Waals surface area contributed by atoms with Gasteiger partial charge in [-0.3, -0.25) is 4.68 Å². The van der Waals surface area contributed by atoms with Crippen LogP contribution in [-0.4, -0.2) is 42.9 Å². The molecule has 1 aromatic heterocycles. The lowest BCUT2D eigenvalue weighted by Crippen LogP contribution is -2.14. The molecule has 0 radical (unpaired) electrons. The molecule has 0 amide bonds. The molecule has 1 atom stereocenters. The molecule has 1 saturated heterocycles. The Morgan fingerprint density at radius 3 is 2.67 bits per heavy atom. The van der Waals surface area contributed by atoms with Crippen LogP contribution in [0.4, 0.5) is 0 Å². The van der Waals surface area contributed by atoms with Crippen molar-refractivity contribution in [3.05, 3.63) is 65.9 Å². The molecule has 156 valence electrons. The van der Waals surface area contributed by atoms with Crippen LogP contribution in [0.25, 0.3) is 11.3 Å². The fourth-order valence-corrected chi connectivity index (χ4v) is 3.45. The van der Waals surface area contributed by atoms with E-state index in [-0.39, 0.29) is 12.3 Å². The van der Waals surface area contributed by atoms with E-state index in [1.54, 1.807) is 25.4 Å². The van der Waals surface area contributed by atoms with E-state index >= 15 is 0 Å². The standard InChI is InChI=1S/C23H24N2O5/c1-27-20-10-9-18(14-21(20)30-22-4-3-13-29-22)19-11-12-24-25(19)15-16-5-7-17(8-6-16)23(26)28-2/h5-12,14,22H,3-4,13,15H2,1-2H3. The first-order valence-corrected chi connectivity index (χ1v) is 9.83. The summed E-state index contributed by atoms with van der Waals surface area (Å²) in [7, 11) is 3.00. The Bertz CT molecular complexity index is 1010. The topological polar surface area (TPSA) is 71.8 Å². The Morgan fingerprint density at radius 2 is 1.97 bits per heavy atom. The van der Waals surface area contributed by atoms with Crippen LogP contribution in [-0.2, 0) is 16.0 Å². The summed E-state index contributed by atoms with van der Waals surface area (Å²) in [5.41, 5.74) is 3.46. The van der Waals surface area contributed by atoms with Crippen molar-refractivity contribution in [3.8, 4) is 22.8 Å². The second-order valence-corrected chi connectivity index (χ2v) is 6.99. The number of carbonyl (C=O) groups is 1. The average Bonchev–Trinajstić information content (AvgIpc) is 3.46. The van der Waals surface area contributed by atoms with Gasteiger partial charge >= 0.3 is 5.97 Å². The molecule has 0 bridgehead atoms. The summed E-state index contributed by atoms with van der Waals surface area (Å²) >= 11 is 0. The Hall–Kier alpha value is -3.32. The molecule has 7 nitrogen and oxygen atoms in total. The van der Waals surface area contributed by atoms with Gasteiger partial charge in [-0.2, -0.15) is 5.10 Å². The Morgan fingerprint density at radius 1 is 1.13 bits per heavy atom. The average molecular weight is 408 g/mol. The third-order valence-corrected chi connectivity index (χ3v) is 5.03. The molecule has 4 rings (SSSR count). The second-order valence-electron chi connectivity index (χ2n) is 6.99. The normalized spacial score (nSPS) is 15.7. The van der Waals surface area contributed by atoms with Crippen molar-refractivity contribution >= 4 is 5.97 Å². The van der Waals surface area contributed by atoms with E-state index in [4.69, 9.17) is 18.9 Å². The maximum atomic E-state index is 11.6. The molecule has 0 aliphatic carbocycles. The molecule has 3 aromatic rings. The summed E-state index contributed by atoms with van der Waals surface area (Å²) in [6.45, 7) is 1.28. The highest BCUT2D eigenvalue weighted by molar-refractivity contribution is 5.89. The molecule has 2 aromatic carbocycles. The summed E-state index contributed by atoms with van der Waals surface area (Å²) in [6, 6.07) is 15.1. The Kier molecular flexibility index (Phi) is 5.99. The van der Waals surface area contributed by atoms with Gasteiger partial charge in [0.05, 0.1) is 38.6 Å². The van der Waals surface area contributed by atoms with E-state index in [2.05, 4.69) is 5.10 Å². The highest BCUT2D eigenvalue weighted by atomic mass is 16.7. The molecule has 2 heterocycles. The first-order chi connectivity index (χ1) is 14.7. The van der Waals surface area contributed by atoms with Crippen molar-refractivity contribution in [2.75, 3.05) is 20.8 Å². The van der Waals surface area contributed by atoms with Gasteiger partial charge in [0, 0.05) is 18.2 Å². The molecule has 1 aliphatic rings. The van der Waals surface area contributed by atoms with E-state index in [1.807, 2.05) is 41.1 Å². The fraction of sp³-hybridized carbons (Fsp3) is 0.304. The molecule has 0 saturated carbocycles. The maximum Gasteiger partial charge on any atom is 0.337 e. The van der Waals surface area contributed by atoms with Gasteiger partial charge in [0.15, 0.2) is 17.8 Å². The number of ether oxygens (including phenoxy) is 4. The first-order valence-electron chi connectivity index (χ1n) is 9.83. The largest absolute Gasteiger partial charge is 0.493 e. The minimum absolute atomic E-state index is 0.243. The van der Waals surface area contributed by atoms with Gasteiger partial charge in [0.25, 0.3) is 0 Å². The van der Waals surface area contributed by atoms with Crippen LogP contribution in [0.3, 0.4) is 0 Å². The van der Waals surface area contributed by atoms with Crippen molar-refractivity contribution < 1.29 is 23.7 Å². The predicted molar refractivity (Wildman–Crippen MR) is 111 cm³/mol. The smallest absolute Gasteiger partial charge is 0.337 e. The fourth-order valence-electron chi connectivity index (χ4n) is 3.45. The van der Waals surface area contributed by atoms with E-state index in [0.717, 1.165) is 29.7 Å². The summed E-state index contributed by atoms with van der Waals surface area (Å²) in [5, 5.41) is 4.47. The molecular formula is C23H24N2O5. The third-order valence-electron chi connectivity index (χ3n) is 5.03. The van der Waals surface area contributed by atoms with Gasteiger partial charge in [-0.25, -0.2) is 4.79 Å². The number of carbonyl (C=O) groups excluding carboxylic acids is 1. The molecule has 0 N–H and O–H groups in total. The summed E-state index contributed by atoms with van der Waals surface area (Å²) in [5.74, 6) is 0.967. The number of rotatable bonds is 7. The van der Waals surface area contributed by atoms with Crippen LogP contribution in [0.15, 0.2) is 54.7 Å². The van der Waals surface area contributed by atoms with Crippen molar-refractivity contribution in [3.63, 3.8) is 0 Å². The molecule has 7 heteroatoms. The quantitative estimate of drug-likeness (QED) is 0.552. The highest BCUT2D eigenvalue weighted by Crippen LogP contribution is 2.34. The SMILES string of the molecule is COC(=O)c1ccc(Cn2nccc2-c2ccc(OC)c(OC3CCCO3)c2)cc1.